The highest BCUT2D eigenvalue weighted by Crippen LogP contribution is 2.38. The first-order chi connectivity index (χ1) is 12.6. The van der Waals surface area contributed by atoms with Crippen LogP contribution in [0, 0.1) is 11.3 Å². The molecule has 5 nitrogen and oxygen atoms in total. The van der Waals surface area contributed by atoms with Gasteiger partial charge in [0, 0.05) is 18.9 Å². The van der Waals surface area contributed by atoms with E-state index in [0.29, 0.717) is 5.88 Å². The van der Waals surface area contributed by atoms with E-state index < -0.39 is 0 Å². The van der Waals surface area contributed by atoms with Crippen molar-refractivity contribution in [3.8, 4) is 11.9 Å². The molecule has 1 heterocycles. The molecule has 1 aliphatic carbocycles. The SMILES string of the molecule is COc1nccnc1CCC1=C(CCN(C)C)Cc2cc(C#N)ccc21. The molecule has 134 valence electrons. The number of allylic oxidation sites excluding steroid dienone is 1. The van der Waals surface area contributed by atoms with Gasteiger partial charge in [-0.2, -0.15) is 5.26 Å². The molecule has 2 aromatic rings. The van der Waals surface area contributed by atoms with Crippen LogP contribution < -0.4 is 4.74 Å². The van der Waals surface area contributed by atoms with Gasteiger partial charge in [-0.05, 0) is 68.6 Å². The Morgan fingerprint density at radius 3 is 2.69 bits per heavy atom. The van der Waals surface area contributed by atoms with Crippen LogP contribution in [-0.2, 0) is 12.8 Å². The number of aromatic nitrogens is 2. The summed E-state index contributed by atoms with van der Waals surface area (Å²) >= 11 is 0. The first-order valence-electron chi connectivity index (χ1n) is 8.85. The maximum atomic E-state index is 9.19. The van der Waals surface area contributed by atoms with Crippen molar-refractivity contribution < 1.29 is 4.74 Å². The van der Waals surface area contributed by atoms with Gasteiger partial charge in [0.2, 0.25) is 5.88 Å². The Morgan fingerprint density at radius 2 is 1.96 bits per heavy atom. The second kappa shape index (κ2) is 8.11. The Morgan fingerprint density at radius 1 is 1.15 bits per heavy atom. The molecule has 5 heteroatoms. The fraction of sp³-hybridized carbons (Fsp3) is 0.381. The molecule has 0 saturated heterocycles. The fourth-order valence-corrected chi connectivity index (χ4v) is 3.48. The number of nitrogens with zero attached hydrogens (tertiary/aromatic N) is 4. The topological polar surface area (TPSA) is 62.0 Å². The van der Waals surface area contributed by atoms with Crippen LogP contribution in [0.1, 0.15) is 35.2 Å². The number of fused-ring (bicyclic) bond motifs is 1. The van der Waals surface area contributed by atoms with Gasteiger partial charge in [0.15, 0.2) is 0 Å². The standard InChI is InChI=1S/C21H24N4O/c1-25(2)11-8-16-13-17-12-15(14-22)4-5-19(17)18(16)6-7-20-21(26-3)24-10-9-23-20/h4-5,9-10,12H,6-8,11,13H2,1-3H3. The fourth-order valence-electron chi connectivity index (χ4n) is 3.48. The van der Waals surface area contributed by atoms with Crippen LogP contribution in [0.3, 0.4) is 0 Å². The molecule has 0 bridgehead atoms. The predicted octanol–water partition coefficient (Wildman–Crippen LogP) is 3.25. The zero-order valence-corrected chi connectivity index (χ0v) is 15.6. The number of benzene rings is 1. The van der Waals surface area contributed by atoms with E-state index in [-0.39, 0.29) is 0 Å². The highest BCUT2D eigenvalue weighted by atomic mass is 16.5. The number of hydrogen-bond donors (Lipinski definition) is 0. The lowest BCUT2D eigenvalue weighted by atomic mass is 9.98. The van der Waals surface area contributed by atoms with Crippen molar-refractivity contribution in [1.82, 2.24) is 14.9 Å². The summed E-state index contributed by atoms with van der Waals surface area (Å²) in [6.45, 7) is 1.02. The number of hydrogen-bond acceptors (Lipinski definition) is 5. The van der Waals surface area contributed by atoms with Crippen LogP contribution in [0.2, 0.25) is 0 Å². The molecule has 0 aliphatic heterocycles. The summed E-state index contributed by atoms with van der Waals surface area (Å²) in [4.78, 5) is 10.9. The molecule has 0 unspecified atom stereocenters. The van der Waals surface area contributed by atoms with E-state index in [1.54, 1.807) is 19.5 Å². The Bertz CT molecular complexity index is 865. The van der Waals surface area contributed by atoms with Gasteiger partial charge in [-0.15, -0.1) is 0 Å². The minimum atomic E-state index is 0.598. The first-order valence-corrected chi connectivity index (χ1v) is 8.85. The molecule has 1 aliphatic rings. The lowest BCUT2D eigenvalue weighted by molar-refractivity contribution is 0.389. The molecule has 1 aromatic carbocycles. The van der Waals surface area contributed by atoms with Gasteiger partial charge in [0.25, 0.3) is 0 Å². The monoisotopic (exact) mass is 348 g/mol. The van der Waals surface area contributed by atoms with E-state index >= 15 is 0 Å². The van der Waals surface area contributed by atoms with Gasteiger partial charge < -0.3 is 9.64 Å². The maximum Gasteiger partial charge on any atom is 0.235 e. The first kappa shape index (κ1) is 18.1. The molecule has 0 saturated carbocycles. The number of rotatable bonds is 7. The summed E-state index contributed by atoms with van der Waals surface area (Å²) in [5, 5.41) is 9.19. The smallest absolute Gasteiger partial charge is 0.235 e. The van der Waals surface area contributed by atoms with Gasteiger partial charge in [-0.25, -0.2) is 4.98 Å². The molecule has 26 heavy (non-hydrogen) atoms. The molecular formula is C21H24N4O. The third-order valence-corrected chi connectivity index (χ3v) is 4.79. The Kier molecular flexibility index (Phi) is 5.65. The molecule has 0 fully saturated rings. The third kappa shape index (κ3) is 3.92. The average Bonchev–Trinajstić information content (AvgIpc) is 3.01. The summed E-state index contributed by atoms with van der Waals surface area (Å²) in [6.07, 6.45) is 7.02. The van der Waals surface area contributed by atoms with Crippen molar-refractivity contribution >= 4 is 5.57 Å². The maximum absolute atomic E-state index is 9.19. The van der Waals surface area contributed by atoms with E-state index in [0.717, 1.165) is 43.5 Å². The Labute approximate surface area is 155 Å². The van der Waals surface area contributed by atoms with Crippen molar-refractivity contribution in [3.63, 3.8) is 0 Å². The van der Waals surface area contributed by atoms with Gasteiger partial charge in [0.1, 0.15) is 5.69 Å². The molecule has 3 rings (SSSR count). The van der Waals surface area contributed by atoms with Crippen LogP contribution >= 0.6 is 0 Å². The lowest BCUT2D eigenvalue weighted by Crippen LogP contribution is -2.13. The van der Waals surface area contributed by atoms with Crippen LogP contribution in [0.15, 0.2) is 36.2 Å². The van der Waals surface area contributed by atoms with Gasteiger partial charge >= 0.3 is 0 Å². The highest BCUT2D eigenvalue weighted by molar-refractivity contribution is 5.77. The second-order valence-electron chi connectivity index (χ2n) is 6.81. The lowest BCUT2D eigenvalue weighted by Gasteiger charge is -2.13. The van der Waals surface area contributed by atoms with Crippen molar-refractivity contribution in [2.45, 2.75) is 25.7 Å². The second-order valence-corrected chi connectivity index (χ2v) is 6.81. The summed E-state index contributed by atoms with van der Waals surface area (Å²) in [5.41, 5.74) is 7.01. The van der Waals surface area contributed by atoms with E-state index in [9.17, 15) is 5.26 Å². The normalized spacial score (nSPS) is 13.0. The van der Waals surface area contributed by atoms with Gasteiger partial charge in [0.05, 0.1) is 18.7 Å². The minimum absolute atomic E-state index is 0.598. The summed E-state index contributed by atoms with van der Waals surface area (Å²) in [5.74, 6) is 0.598. The molecule has 0 amide bonds. The van der Waals surface area contributed by atoms with E-state index in [1.165, 1.54) is 22.3 Å². The molecule has 0 radical (unpaired) electrons. The summed E-state index contributed by atoms with van der Waals surface area (Å²) in [7, 11) is 5.82. The Balaban J connectivity index is 1.86. The molecule has 1 aromatic heterocycles. The van der Waals surface area contributed by atoms with Crippen LogP contribution in [0.4, 0.5) is 0 Å². The largest absolute Gasteiger partial charge is 0.480 e. The number of aryl methyl sites for hydroxylation is 1. The van der Waals surface area contributed by atoms with Crippen molar-refractivity contribution in [2.24, 2.45) is 0 Å². The van der Waals surface area contributed by atoms with E-state index in [4.69, 9.17) is 4.74 Å². The number of methoxy groups -OCH3 is 1. The van der Waals surface area contributed by atoms with Crippen molar-refractivity contribution in [2.75, 3.05) is 27.7 Å². The average molecular weight is 348 g/mol. The van der Waals surface area contributed by atoms with Crippen LogP contribution in [0.25, 0.3) is 5.57 Å². The van der Waals surface area contributed by atoms with E-state index in [2.05, 4.69) is 41.1 Å². The van der Waals surface area contributed by atoms with Crippen LogP contribution in [-0.4, -0.2) is 42.6 Å². The Hall–Kier alpha value is -2.71. The van der Waals surface area contributed by atoms with Gasteiger partial charge in [-0.1, -0.05) is 11.6 Å². The summed E-state index contributed by atoms with van der Waals surface area (Å²) in [6, 6.07) is 8.29. The molecule has 0 spiro atoms. The van der Waals surface area contributed by atoms with Crippen molar-refractivity contribution in [1.29, 1.82) is 5.26 Å². The zero-order chi connectivity index (χ0) is 18.5. The molecule has 0 atom stereocenters. The van der Waals surface area contributed by atoms with Crippen molar-refractivity contribution in [3.05, 3.63) is 58.6 Å². The number of ether oxygens (including phenoxy) is 1. The third-order valence-electron chi connectivity index (χ3n) is 4.79. The number of nitriles is 1. The van der Waals surface area contributed by atoms with E-state index in [1.807, 2.05) is 12.1 Å². The summed E-state index contributed by atoms with van der Waals surface area (Å²) < 4.78 is 5.33. The molecule has 0 N–H and O–H groups in total. The minimum Gasteiger partial charge on any atom is -0.480 e. The zero-order valence-electron chi connectivity index (χ0n) is 15.6. The quantitative estimate of drug-likeness (QED) is 0.768. The predicted molar refractivity (Wildman–Crippen MR) is 102 cm³/mol. The van der Waals surface area contributed by atoms with Gasteiger partial charge in [-0.3, -0.25) is 4.98 Å². The molecular weight excluding hydrogens is 324 g/mol. The van der Waals surface area contributed by atoms with Crippen LogP contribution in [0.5, 0.6) is 5.88 Å². The highest BCUT2D eigenvalue weighted by Gasteiger charge is 2.22.